The van der Waals surface area contributed by atoms with Crippen LogP contribution in [0.15, 0.2) is 17.0 Å². The molecule has 8 heteroatoms. The maximum Gasteiger partial charge on any atom is 0.312 e. The van der Waals surface area contributed by atoms with E-state index < -0.39 is 19.7 Å². The van der Waals surface area contributed by atoms with Crippen LogP contribution < -0.4 is 4.74 Å². The third-order valence-corrected chi connectivity index (χ3v) is 4.13. The van der Waals surface area contributed by atoms with Crippen molar-refractivity contribution >= 4 is 25.4 Å². The van der Waals surface area contributed by atoms with Crippen molar-refractivity contribution in [1.29, 1.82) is 0 Å². The molecule has 0 amide bonds. The van der Waals surface area contributed by atoms with Crippen molar-refractivity contribution in [3.8, 4) is 5.75 Å². The molecule has 112 valence electrons. The zero-order valence-corrected chi connectivity index (χ0v) is 13.0. The summed E-state index contributed by atoms with van der Waals surface area (Å²) in [6.07, 6.45) is 0.742. The van der Waals surface area contributed by atoms with Crippen LogP contribution in [-0.2, 0) is 9.05 Å². The Bertz CT molecular complexity index is 613. The molecule has 0 bridgehead atoms. The van der Waals surface area contributed by atoms with E-state index in [1.807, 2.05) is 13.8 Å². The maximum atomic E-state index is 11.3. The fourth-order valence-electron chi connectivity index (χ4n) is 1.58. The van der Waals surface area contributed by atoms with E-state index in [2.05, 4.69) is 0 Å². The second-order valence-electron chi connectivity index (χ2n) is 4.81. The highest BCUT2D eigenvalue weighted by Crippen LogP contribution is 2.33. The Morgan fingerprint density at radius 1 is 1.40 bits per heavy atom. The number of rotatable bonds is 6. The van der Waals surface area contributed by atoms with Gasteiger partial charge in [-0.05, 0) is 30.9 Å². The first-order valence-corrected chi connectivity index (χ1v) is 8.30. The molecule has 0 aliphatic heterocycles. The Balaban J connectivity index is 3.19. The Morgan fingerprint density at radius 2 is 2.00 bits per heavy atom. The first-order chi connectivity index (χ1) is 9.12. The Morgan fingerprint density at radius 3 is 2.45 bits per heavy atom. The molecule has 20 heavy (non-hydrogen) atoms. The van der Waals surface area contributed by atoms with Crippen LogP contribution in [-0.4, -0.2) is 19.9 Å². The minimum atomic E-state index is -4.03. The number of halogens is 1. The molecule has 0 radical (unpaired) electrons. The van der Waals surface area contributed by atoms with Crippen molar-refractivity contribution in [1.82, 2.24) is 0 Å². The third kappa shape index (κ3) is 4.35. The van der Waals surface area contributed by atoms with Gasteiger partial charge in [-0.3, -0.25) is 10.1 Å². The molecule has 1 aromatic carbocycles. The zero-order valence-electron chi connectivity index (χ0n) is 11.4. The molecule has 0 aromatic heterocycles. The van der Waals surface area contributed by atoms with Gasteiger partial charge < -0.3 is 4.74 Å². The monoisotopic (exact) mass is 321 g/mol. The van der Waals surface area contributed by atoms with Gasteiger partial charge >= 0.3 is 5.69 Å². The van der Waals surface area contributed by atoms with E-state index in [-0.39, 0.29) is 10.6 Å². The van der Waals surface area contributed by atoms with Gasteiger partial charge in [-0.25, -0.2) is 8.42 Å². The van der Waals surface area contributed by atoms with E-state index in [4.69, 9.17) is 15.4 Å². The predicted molar refractivity (Wildman–Crippen MR) is 75.8 cm³/mol. The van der Waals surface area contributed by atoms with Gasteiger partial charge in [-0.2, -0.15) is 0 Å². The molecule has 0 heterocycles. The van der Waals surface area contributed by atoms with Crippen LogP contribution in [0.4, 0.5) is 5.69 Å². The number of benzene rings is 1. The average molecular weight is 322 g/mol. The van der Waals surface area contributed by atoms with Crippen LogP contribution in [0.5, 0.6) is 5.75 Å². The van der Waals surface area contributed by atoms with Crippen LogP contribution in [0.25, 0.3) is 0 Å². The average Bonchev–Trinajstić information content (AvgIpc) is 2.26. The maximum absolute atomic E-state index is 11.3. The molecule has 0 aliphatic carbocycles. The highest BCUT2D eigenvalue weighted by Gasteiger charge is 2.23. The lowest BCUT2D eigenvalue weighted by molar-refractivity contribution is -0.386. The van der Waals surface area contributed by atoms with Crippen LogP contribution in [0, 0.1) is 23.0 Å². The van der Waals surface area contributed by atoms with Gasteiger partial charge in [-0.15, -0.1) is 0 Å². The summed E-state index contributed by atoms with van der Waals surface area (Å²) >= 11 is 0. The Labute approximate surface area is 122 Å². The number of nitro benzene ring substituents is 1. The molecule has 0 unspecified atom stereocenters. The summed E-state index contributed by atoms with van der Waals surface area (Å²) in [5.74, 6) is 0.454. The standard InChI is InChI=1S/C12H16ClNO5S/c1-8(2)4-5-19-11-6-9(3)12(20(13,17)18)7-10(11)14(15)16/h6-8H,4-5H2,1-3H3. The number of nitrogens with zero attached hydrogens (tertiary/aromatic N) is 1. The summed E-state index contributed by atoms with van der Waals surface area (Å²) in [5.41, 5.74) is -0.0938. The summed E-state index contributed by atoms with van der Waals surface area (Å²) < 4.78 is 28.1. The number of aryl methyl sites for hydroxylation is 1. The van der Waals surface area contributed by atoms with Gasteiger partial charge in [0.1, 0.15) is 0 Å². The van der Waals surface area contributed by atoms with Gasteiger partial charge in [0.05, 0.1) is 16.4 Å². The fourth-order valence-corrected chi connectivity index (χ4v) is 2.77. The van der Waals surface area contributed by atoms with E-state index in [1.165, 1.54) is 13.0 Å². The van der Waals surface area contributed by atoms with Gasteiger partial charge in [-0.1, -0.05) is 13.8 Å². The normalized spacial score (nSPS) is 11.7. The van der Waals surface area contributed by atoms with Gasteiger partial charge in [0.15, 0.2) is 5.75 Å². The van der Waals surface area contributed by atoms with Crippen molar-refractivity contribution in [3.05, 3.63) is 27.8 Å². The van der Waals surface area contributed by atoms with Crippen LogP contribution in [0.3, 0.4) is 0 Å². The molecule has 6 nitrogen and oxygen atoms in total. The number of ether oxygens (including phenoxy) is 1. The van der Waals surface area contributed by atoms with Crippen LogP contribution in [0.1, 0.15) is 25.8 Å². The van der Waals surface area contributed by atoms with Gasteiger partial charge in [0.2, 0.25) is 0 Å². The lowest BCUT2D eigenvalue weighted by Gasteiger charge is -2.10. The SMILES string of the molecule is Cc1cc(OCCC(C)C)c([N+](=O)[O-])cc1S(=O)(=O)Cl. The second-order valence-corrected chi connectivity index (χ2v) is 7.35. The number of hydrogen-bond donors (Lipinski definition) is 0. The van der Waals surface area contributed by atoms with Crippen molar-refractivity contribution in [2.75, 3.05) is 6.61 Å². The fraction of sp³-hybridized carbons (Fsp3) is 0.500. The first kappa shape index (κ1) is 16.7. The van der Waals surface area contributed by atoms with Crippen LogP contribution >= 0.6 is 10.7 Å². The molecule has 0 fully saturated rings. The second kappa shape index (κ2) is 6.41. The highest BCUT2D eigenvalue weighted by atomic mass is 35.7. The van der Waals surface area contributed by atoms with E-state index in [0.29, 0.717) is 18.1 Å². The van der Waals surface area contributed by atoms with Crippen molar-refractivity contribution < 1.29 is 18.1 Å². The highest BCUT2D eigenvalue weighted by molar-refractivity contribution is 8.13. The first-order valence-electron chi connectivity index (χ1n) is 5.99. The summed E-state index contributed by atoms with van der Waals surface area (Å²) in [5, 5.41) is 11.0. The van der Waals surface area contributed by atoms with Crippen molar-refractivity contribution in [3.63, 3.8) is 0 Å². The molecule has 0 saturated carbocycles. The van der Waals surface area contributed by atoms with E-state index in [1.54, 1.807) is 0 Å². The third-order valence-electron chi connectivity index (χ3n) is 2.67. The lowest BCUT2D eigenvalue weighted by Crippen LogP contribution is -2.05. The predicted octanol–water partition coefficient (Wildman–Crippen LogP) is 3.26. The molecular formula is C12H16ClNO5S. The largest absolute Gasteiger partial charge is 0.487 e. The molecule has 1 rings (SSSR count). The van der Waals surface area contributed by atoms with E-state index in [0.717, 1.165) is 12.5 Å². The Kier molecular flexibility index (Phi) is 5.35. The minimum Gasteiger partial charge on any atom is -0.487 e. The number of hydrogen-bond acceptors (Lipinski definition) is 5. The summed E-state index contributed by atoms with van der Waals surface area (Å²) in [7, 11) is 1.22. The van der Waals surface area contributed by atoms with Crippen molar-refractivity contribution in [2.24, 2.45) is 5.92 Å². The Hall–Kier alpha value is -1.34. The minimum absolute atomic E-state index is 0.0530. The van der Waals surface area contributed by atoms with Gasteiger partial charge in [0.25, 0.3) is 9.05 Å². The van der Waals surface area contributed by atoms with Crippen LogP contribution in [0.2, 0.25) is 0 Å². The summed E-state index contributed by atoms with van der Waals surface area (Å²) in [4.78, 5) is 10.0. The topological polar surface area (TPSA) is 86.5 Å². The lowest BCUT2D eigenvalue weighted by atomic mass is 10.1. The quantitative estimate of drug-likeness (QED) is 0.456. The summed E-state index contributed by atoms with van der Waals surface area (Å²) in [6, 6.07) is 2.26. The van der Waals surface area contributed by atoms with Gasteiger partial charge in [0, 0.05) is 16.7 Å². The number of nitro groups is 1. The zero-order chi connectivity index (χ0) is 15.5. The molecule has 0 N–H and O–H groups in total. The van der Waals surface area contributed by atoms with Crippen molar-refractivity contribution in [2.45, 2.75) is 32.1 Å². The summed E-state index contributed by atoms with van der Waals surface area (Å²) in [6.45, 7) is 5.84. The molecular weight excluding hydrogens is 306 g/mol. The molecule has 0 aliphatic rings. The van der Waals surface area contributed by atoms with E-state index >= 15 is 0 Å². The molecule has 0 atom stereocenters. The molecule has 0 spiro atoms. The molecule has 0 saturated heterocycles. The van der Waals surface area contributed by atoms with E-state index in [9.17, 15) is 18.5 Å². The molecule has 1 aromatic rings. The smallest absolute Gasteiger partial charge is 0.312 e.